The zero-order valence-electron chi connectivity index (χ0n) is 10.7. The summed E-state index contributed by atoms with van der Waals surface area (Å²) in [5, 5.41) is 3.51. The van der Waals surface area contributed by atoms with Gasteiger partial charge in [-0.25, -0.2) is 0 Å². The van der Waals surface area contributed by atoms with Gasteiger partial charge in [-0.15, -0.1) is 0 Å². The van der Waals surface area contributed by atoms with Crippen LogP contribution in [0.2, 0.25) is 0 Å². The Labute approximate surface area is 110 Å². The average molecular weight is 259 g/mol. The Balaban J connectivity index is 3.32. The van der Waals surface area contributed by atoms with E-state index in [2.05, 4.69) is 16.6 Å². The second kappa shape index (κ2) is 6.37. The minimum absolute atomic E-state index is 0.121. The second-order valence-corrected chi connectivity index (χ2v) is 3.82. The summed E-state index contributed by atoms with van der Waals surface area (Å²) in [6, 6.07) is 6.55. The fraction of sp³-hybridized carbons (Fsp3) is 0.231. The Morgan fingerprint density at radius 1 is 1.37 bits per heavy atom. The molecule has 0 saturated carbocycles. The third kappa shape index (κ3) is 3.69. The van der Waals surface area contributed by atoms with Gasteiger partial charge < -0.3 is 4.74 Å². The lowest BCUT2D eigenvalue weighted by molar-refractivity contribution is -0.145. The van der Waals surface area contributed by atoms with Crippen LogP contribution >= 0.6 is 0 Å². The van der Waals surface area contributed by atoms with Gasteiger partial charge in [0.1, 0.15) is 0 Å². The first-order valence-corrected chi connectivity index (χ1v) is 5.48. The van der Waals surface area contributed by atoms with Crippen molar-refractivity contribution in [3.05, 3.63) is 52.4 Å². The smallest absolute Gasteiger partial charge is 0.303 e. The number of hydrogen-bond donors (Lipinski definition) is 0. The van der Waals surface area contributed by atoms with Crippen molar-refractivity contribution in [2.45, 2.75) is 20.0 Å². The molecule has 0 bridgehead atoms. The summed E-state index contributed by atoms with van der Waals surface area (Å²) in [7, 11) is 0. The molecule has 0 aliphatic heterocycles. The lowest BCUT2D eigenvalue weighted by atomic mass is 9.98. The van der Waals surface area contributed by atoms with Gasteiger partial charge in [0.05, 0.1) is 0 Å². The van der Waals surface area contributed by atoms with E-state index in [9.17, 15) is 9.59 Å². The number of rotatable bonds is 5. The number of ketones is 1. The van der Waals surface area contributed by atoms with Gasteiger partial charge in [-0.3, -0.25) is 9.59 Å². The van der Waals surface area contributed by atoms with Gasteiger partial charge in [0, 0.05) is 28.7 Å². The summed E-state index contributed by atoms with van der Waals surface area (Å²) >= 11 is 0. The van der Waals surface area contributed by atoms with Gasteiger partial charge in [-0.05, 0) is 12.5 Å². The molecule has 0 amide bonds. The highest BCUT2D eigenvalue weighted by molar-refractivity contribution is 5.94. The number of carbonyl (C=O) groups is 2. The minimum atomic E-state index is -0.948. The van der Waals surface area contributed by atoms with Crippen LogP contribution < -0.4 is 0 Å². The first-order valence-electron chi connectivity index (χ1n) is 5.48. The average Bonchev–Trinajstić information content (AvgIpc) is 2.36. The molecule has 0 radical (unpaired) electrons. The fourth-order valence-electron chi connectivity index (χ4n) is 1.52. The summed E-state index contributed by atoms with van der Waals surface area (Å²) in [5.74, 6) is -0.856. The maximum atomic E-state index is 11.4. The Morgan fingerprint density at radius 3 is 2.53 bits per heavy atom. The van der Waals surface area contributed by atoms with Gasteiger partial charge in [0.2, 0.25) is 0 Å². The summed E-state index contributed by atoms with van der Waals surface area (Å²) in [6.45, 7) is 6.18. The lowest BCUT2D eigenvalue weighted by Gasteiger charge is -2.19. The molecule has 0 fully saturated rings. The van der Waals surface area contributed by atoms with Crippen molar-refractivity contribution in [2.75, 3.05) is 0 Å². The zero-order chi connectivity index (χ0) is 14.4. The van der Waals surface area contributed by atoms with Crippen LogP contribution in [-0.4, -0.2) is 11.8 Å². The molecule has 0 aromatic heterocycles. The number of benzene rings is 1. The molecule has 1 aromatic carbocycles. The molecule has 98 valence electrons. The van der Waals surface area contributed by atoms with Crippen LogP contribution in [0.1, 0.15) is 25.5 Å². The van der Waals surface area contributed by atoms with E-state index in [4.69, 9.17) is 10.3 Å². The molecular formula is C13H13N3O3. The number of carbonyl (C=O) groups excluding carboxylic acids is 2. The summed E-state index contributed by atoms with van der Waals surface area (Å²) in [4.78, 5) is 25.3. The molecule has 0 heterocycles. The highest BCUT2D eigenvalue weighted by atomic mass is 16.5. The third-order valence-electron chi connectivity index (χ3n) is 2.42. The van der Waals surface area contributed by atoms with Gasteiger partial charge >= 0.3 is 5.97 Å². The van der Waals surface area contributed by atoms with Crippen LogP contribution in [-0.2, 0) is 14.3 Å². The Bertz CT molecular complexity index is 574. The topological polar surface area (TPSA) is 92.1 Å². The van der Waals surface area contributed by atoms with Gasteiger partial charge in [0.15, 0.2) is 11.9 Å². The van der Waals surface area contributed by atoms with Crippen molar-refractivity contribution in [1.82, 2.24) is 0 Å². The van der Waals surface area contributed by atoms with E-state index >= 15 is 0 Å². The van der Waals surface area contributed by atoms with Crippen molar-refractivity contribution in [3.63, 3.8) is 0 Å². The first-order chi connectivity index (χ1) is 8.97. The summed E-state index contributed by atoms with van der Waals surface area (Å²) in [5.41, 5.74) is 9.35. The second-order valence-electron chi connectivity index (χ2n) is 3.82. The van der Waals surface area contributed by atoms with E-state index in [1.54, 1.807) is 24.3 Å². The van der Waals surface area contributed by atoms with Crippen LogP contribution in [0.3, 0.4) is 0 Å². The van der Waals surface area contributed by atoms with Crippen molar-refractivity contribution >= 4 is 17.4 Å². The van der Waals surface area contributed by atoms with E-state index in [0.29, 0.717) is 11.3 Å². The van der Waals surface area contributed by atoms with E-state index < -0.39 is 12.1 Å². The van der Waals surface area contributed by atoms with Crippen molar-refractivity contribution in [1.29, 1.82) is 0 Å². The Kier molecular flexibility index (Phi) is 4.85. The molecule has 0 N–H and O–H groups in total. The molecule has 0 spiro atoms. The maximum absolute atomic E-state index is 11.4. The maximum Gasteiger partial charge on any atom is 0.303 e. The molecule has 1 unspecified atom stereocenters. The molecule has 0 saturated heterocycles. The van der Waals surface area contributed by atoms with Gasteiger partial charge in [-0.2, -0.15) is 0 Å². The lowest BCUT2D eigenvalue weighted by Crippen LogP contribution is -2.14. The predicted octanol–water partition coefficient (Wildman–Crippen LogP) is 3.38. The minimum Gasteiger partial charge on any atom is -0.453 e. The first kappa shape index (κ1) is 14.5. The normalized spacial score (nSPS) is 11.1. The number of Topliss-reactive ketones (excluding diaryl/α,β-unsaturated/α-hetero) is 1. The zero-order valence-corrected chi connectivity index (χ0v) is 10.7. The van der Waals surface area contributed by atoms with E-state index in [1.165, 1.54) is 13.8 Å². The number of esters is 1. The van der Waals surface area contributed by atoms with Crippen LogP contribution in [0.5, 0.6) is 0 Å². The SMILES string of the molecule is C=C(C(C)=O)C(OC(C)=O)c1ccccc1N=[N+]=[N-]. The Morgan fingerprint density at radius 2 is 2.00 bits per heavy atom. The van der Waals surface area contributed by atoms with Crippen molar-refractivity contribution in [3.8, 4) is 0 Å². The molecule has 1 rings (SSSR count). The molecular weight excluding hydrogens is 246 g/mol. The van der Waals surface area contributed by atoms with Crippen LogP contribution in [0.25, 0.3) is 10.4 Å². The van der Waals surface area contributed by atoms with Crippen LogP contribution in [0.15, 0.2) is 41.5 Å². The van der Waals surface area contributed by atoms with Crippen LogP contribution in [0.4, 0.5) is 5.69 Å². The van der Waals surface area contributed by atoms with E-state index in [1.807, 2.05) is 0 Å². The molecule has 0 aliphatic carbocycles. The predicted molar refractivity (Wildman–Crippen MR) is 69.6 cm³/mol. The van der Waals surface area contributed by atoms with Crippen LogP contribution in [0, 0.1) is 0 Å². The monoisotopic (exact) mass is 259 g/mol. The van der Waals surface area contributed by atoms with E-state index in [0.717, 1.165) is 0 Å². The molecule has 1 atom stereocenters. The number of ether oxygens (including phenoxy) is 1. The summed E-state index contributed by atoms with van der Waals surface area (Å²) in [6.07, 6.45) is -0.948. The molecule has 19 heavy (non-hydrogen) atoms. The standard InChI is InChI=1S/C13H13N3O3/c1-8(9(2)17)13(19-10(3)18)11-6-4-5-7-12(11)15-16-14/h4-7,13H,1H2,2-3H3. The molecule has 6 nitrogen and oxygen atoms in total. The highest BCUT2D eigenvalue weighted by Gasteiger charge is 2.23. The largest absolute Gasteiger partial charge is 0.453 e. The van der Waals surface area contributed by atoms with Crippen molar-refractivity contribution < 1.29 is 14.3 Å². The third-order valence-corrected chi connectivity index (χ3v) is 2.42. The number of nitrogens with zero attached hydrogens (tertiary/aromatic N) is 3. The van der Waals surface area contributed by atoms with Gasteiger partial charge in [-0.1, -0.05) is 36.0 Å². The molecule has 6 heteroatoms. The van der Waals surface area contributed by atoms with Gasteiger partial charge in [0.25, 0.3) is 0 Å². The highest BCUT2D eigenvalue weighted by Crippen LogP contribution is 2.33. The summed E-state index contributed by atoms with van der Waals surface area (Å²) < 4.78 is 5.10. The number of azide groups is 1. The number of hydrogen-bond acceptors (Lipinski definition) is 4. The fourth-order valence-corrected chi connectivity index (χ4v) is 1.52. The molecule has 0 aliphatic rings. The van der Waals surface area contributed by atoms with Crippen molar-refractivity contribution in [2.24, 2.45) is 5.11 Å². The quantitative estimate of drug-likeness (QED) is 0.267. The Hall–Kier alpha value is -2.59. The molecule has 1 aromatic rings. The van der Waals surface area contributed by atoms with E-state index in [-0.39, 0.29) is 11.4 Å².